The molecule has 5 heteroatoms. The minimum absolute atomic E-state index is 0.0933. The Balaban J connectivity index is 4.12. The van der Waals surface area contributed by atoms with Crippen molar-refractivity contribution in [2.75, 3.05) is 6.54 Å². The topological polar surface area (TPSA) is 63.2 Å². The standard InChI is InChI=1S/C8H17NO3S/c1-6(2)8(10)5-9-13(11,12)7(3)4/h6-7,9H,5H2,1-4H3. The highest BCUT2D eigenvalue weighted by Crippen LogP contribution is 1.97. The molecule has 1 N–H and O–H groups in total. The first-order valence-corrected chi connectivity index (χ1v) is 5.83. The fraction of sp³-hybridized carbons (Fsp3) is 0.875. The minimum Gasteiger partial charge on any atom is -0.298 e. The molecule has 0 saturated heterocycles. The van der Waals surface area contributed by atoms with Gasteiger partial charge < -0.3 is 0 Å². The smallest absolute Gasteiger partial charge is 0.214 e. The van der Waals surface area contributed by atoms with E-state index in [1.54, 1.807) is 27.7 Å². The molecule has 0 saturated carbocycles. The van der Waals surface area contributed by atoms with E-state index in [2.05, 4.69) is 4.72 Å². The van der Waals surface area contributed by atoms with Gasteiger partial charge in [0.25, 0.3) is 0 Å². The highest BCUT2D eigenvalue weighted by Gasteiger charge is 2.17. The van der Waals surface area contributed by atoms with Gasteiger partial charge in [0.2, 0.25) is 10.0 Å². The van der Waals surface area contributed by atoms with E-state index in [4.69, 9.17) is 0 Å². The lowest BCUT2D eigenvalue weighted by Crippen LogP contribution is -2.36. The summed E-state index contributed by atoms with van der Waals surface area (Å²) in [5.74, 6) is -0.223. The van der Waals surface area contributed by atoms with Crippen LogP contribution in [0.4, 0.5) is 0 Å². The second-order valence-electron chi connectivity index (χ2n) is 3.54. The van der Waals surface area contributed by atoms with E-state index in [9.17, 15) is 13.2 Å². The first kappa shape index (κ1) is 12.6. The Hall–Kier alpha value is -0.420. The number of hydrogen-bond acceptors (Lipinski definition) is 3. The van der Waals surface area contributed by atoms with Gasteiger partial charge in [0.05, 0.1) is 11.8 Å². The van der Waals surface area contributed by atoms with Crippen molar-refractivity contribution in [3.8, 4) is 0 Å². The van der Waals surface area contributed by atoms with Crippen molar-refractivity contribution in [3.63, 3.8) is 0 Å². The molecule has 0 aromatic heterocycles. The van der Waals surface area contributed by atoms with E-state index in [1.807, 2.05) is 0 Å². The lowest BCUT2D eigenvalue weighted by atomic mass is 10.1. The molecule has 0 aliphatic heterocycles. The first-order chi connectivity index (χ1) is 5.77. The Bertz CT molecular complexity index is 267. The highest BCUT2D eigenvalue weighted by molar-refractivity contribution is 7.90. The van der Waals surface area contributed by atoms with Gasteiger partial charge in [-0.25, -0.2) is 13.1 Å². The Labute approximate surface area is 79.8 Å². The van der Waals surface area contributed by atoms with E-state index >= 15 is 0 Å². The molecule has 4 nitrogen and oxygen atoms in total. The third-order valence-electron chi connectivity index (χ3n) is 1.71. The van der Waals surface area contributed by atoms with Crippen LogP contribution in [0.15, 0.2) is 0 Å². The minimum atomic E-state index is -3.30. The first-order valence-electron chi connectivity index (χ1n) is 4.28. The summed E-state index contributed by atoms with van der Waals surface area (Å²) < 4.78 is 24.7. The van der Waals surface area contributed by atoms with Gasteiger partial charge in [-0.1, -0.05) is 13.8 Å². The summed E-state index contributed by atoms with van der Waals surface area (Å²) in [7, 11) is -3.30. The van der Waals surface area contributed by atoms with Gasteiger partial charge in [-0.3, -0.25) is 4.79 Å². The normalized spacial score (nSPS) is 12.5. The maximum absolute atomic E-state index is 11.2. The molecule has 0 aromatic rings. The van der Waals surface area contributed by atoms with Crippen LogP contribution in [-0.4, -0.2) is 26.0 Å². The Morgan fingerprint density at radius 1 is 1.23 bits per heavy atom. The predicted octanol–water partition coefficient (Wildman–Crippen LogP) is 0.539. The van der Waals surface area contributed by atoms with Crippen LogP contribution in [0.5, 0.6) is 0 Å². The molecule has 0 amide bonds. The van der Waals surface area contributed by atoms with Crippen LogP contribution < -0.4 is 4.72 Å². The summed E-state index contributed by atoms with van der Waals surface area (Å²) in [6, 6.07) is 0. The summed E-state index contributed by atoms with van der Waals surface area (Å²) in [6.45, 7) is 6.53. The number of ketones is 1. The van der Waals surface area contributed by atoms with Crippen LogP contribution in [0.1, 0.15) is 27.7 Å². The second-order valence-corrected chi connectivity index (χ2v) is 5.86. The molecule has 78 valence electrons. The van der Waals surface area contributed by atoms with Crippen molar-refractivity contribution in [1.29, 1.82) is 0 Å². The van der Waals surface area contributed by atoms with Gasteiger partial charge in [0, 0.05) is 5.92 Å². The largest absolute Gasteiger partial charge is 0.298 e. The monoisotopic (exact) mass is 207 g/mol. The fourth-order valence-corrected chi connectivity index (χ4v) is 1.22. The molecular weight excluding hydrogens is 190 g/mol. The van der Waals surface area contributed by atoms with E-state index < -0.39 is 15.3 Å². The van der Waals surface area contributed by atoms with Gasteiger partial charge in [0.15, 0.2) is 0 Å². The van der Waals surface area contributed by atoms with Gasteiger partial charge in [0.1, 0.15) is 5.78 Å². The predicted molar refractivity (Wildman–Crippen MR) is 51.9 cm³/mol. The fourth-order valence-electron chi connectivity index (χ4n) is 0.543. The van der Waals surface area contributed by atoms with E-state index in [0.717, 1.165) is 0 Å². The van der Waals surface area contributed by atoms with Gasteiger partial charge in [-0.2, -0.15) is 0 Å². The van der Waals surface area contributed by atoms with Gasteiger partial charge in [-0.15, -0.1) is 0 Å². The van der Waals surface area contributed by atoms with Crippen molar-refractivity contribution in [1.82, 2.24) is 4.72 Å². The number of carbonyl (C=O) groups excluding carboxylic acids is 1. The lowest BCUT2D eigenvalue weighted by molar-refractivity contribution is -0.120. The second kappa shape index (κ2) is 4.72. The molecule has 0 aliphatic rings. The van der Waals surface area contributed by atoms with Crippen LogP contribution in [-0.2, 0) is 14.8 Å². The number of hydrogen-bond donors (Lipinski definition) is 1. The zero-order chi connectivity index (χ0) is 10.6. The van der Waals surface area contributed by atoms with Crippen LogP contribution in [0, 0.1) is 5.92 Å². The molecular formula is C8H17NO3S. The summed E-state index contributed by atoms with van der Waals surface area (Å²) >= 11 is 0. The van der Waals surface area contributed by atoms with Crippen LogP contribution in [0.3, 0.4) is 0 Å². The quantitative estimate of drug-likeness (QED) is 0.715. The third kappa shape index (κ3) is 4.38. The Morgan fingerprint density at radius 2 is 1.69 bits per heavy atom. The molecule has 0 heterocycles. The summed E-state index contributed by atoms with van der Waals surface area (Å²) in [5, 5.41) is -0.493. The van der Waals surface area contributed by atoms with Crippen molar-refractivity contribution >= 4 is 15.8 Å². The lowest BCUT2D eigenvalue weighted by Gasteiger charge is -2.09. The molecule has 0 aromatic carbocycles. The van der Waals surface area contributed by atoms with E-state index in [0.29, 0.717) is 0 Å². The van der Waals surface area contributed by atoms with Crippen LogP contribution in [0.25, 0.3) is 0 Å². The number of Topliss-reactive ketones (excluding diaryl/α,β-unsaturated/α-hetero) is 1. The van der Waals surface area contributed by atoms with E-state index in [1.165, 1.54) is 0 Å². The molecule has 0 bridgehead atoms. The number of nitrogens with one attached hydrogen (secondary N) is 1. The third-order valence-corrected chi connectivity index (χ3v) is 3.50. The Morgan fingerprint density at radius 3 is 2.00 bits per heavy atom. The van der Waals surface area contributed by atoms with Crippen LogP contribution in [0.2, 0.25) is 0 Å². The molecule has 0 aliphatic carbocycles. The summed E-state index contributed by atoms with van der Waals surface area (Å²) in [4.78, 5) is 11.1. The number of rotatable bonds is 5. The molecule has 0 fully saturated rings. The summed E-state index contributed by atoms with van der Waals surface area (Å²) in [6.07, 6.45) is 0. The zero-order valence-electron chi connectivity index (χ0n) is 8.49. The number of sulfonamides is 1. The maximum Gasteiger partial charge on any atom is 0.214 e. The molecule has 0 unspecified atom stereocenters. The average molecular weight is 207 g/mol. The zero-order valence-corrected chi connectivity index (χ0v) is 9.31. The van der Waals surface area contributed by atoms with Crippen LogP contribution >= 0.6 is 0 Å². The molecule has 0 atom stereocenters. The van der Waals surface area contributed by atoms with Crippen molar-refractivity contribution < 1.29 is 13.2 Å². The van der Waals surface area contributed by atoms with Crippen molar-refractivity contribution in [2.24, 2.45) is 5.92 Å². The summed E-state index contributed by atoms with van der Waals surface area (Å²) in [5.41, 5.74) is 0. The molecule has 0 radical (unpaired) electrons. The molecule has 13 heavy (non-hydrogen) atoms. The molecule has 0 spiro atoms. The average Bonchev–Trinajstić information content (AvgIpc) is 1.99. The Kier molecular flexibility index (Phi) is 4.56. The maximum atomic E-state index is 11.2. The highest BCUT2D eigenvalue weighted by atomic mass is 32.2. The van der Waals surface area contributed by atoms with Crippen molar-refractivity contribution in [2.45, 2.75) is 32.9 Å². The number of carbonyl (C=O) groups is 1. The van der Waals surface area contributed by atoms with Gasteiger partial charge >= 0.3 is 0 Å². The van der Waals surface area contributed by atoms with Crippen molar-refractivity contribution in [3.05, 3.63) is 0 Å². The van der Waals surface area contributed by atoms with Gasteiger partial charge in [-0.05, 0) is 13.8 Å². The molecule has 0 rings (SSSR count). The van der Waals surface area contributed by atoms with E-state index in [-0.39, 0.29) is 18.2 Å². The SMILES string of the molecule is CC(C)C(=O)CNS(=O)(=O)C(C)C.